The first-order valence-corrected chi connectivity index (χ1v) is 10.4. The molecule has 0 radical (unpaired) electrons. The number of rotatable bonds is 4. The summed E-state index contributed by atoms with van der Waals surface area (Å²) < 4.78 is 36.5. The number of ether oxygens (including phenoxy) is 1. The Labute approximate surface area is 154 Å². The molecule has 2 aromatic rings. The van der Waals surface area contributed by atoms with Gasteiger partial charge in [0.1, 0.15) is 22.5 Å². The SMILES string of the molecule is CC(C)c1ccc(S(=O)(=O)Oc2ccc3c(c2)C2CCNCC2O3)cc1. The van der Waals surface area contributed by atoms with Crippen LogP contribution in [0.25, 0.3) is 0 Å². The monoisotopic (exact) mass is 373 g/mol. The molecule has 2 atom stereocenters. The lowest BCUT2D eigenvalue weighted by Crippen LogP contribution is -2.39. The van der Waals surface area contributed by atoms with Gasteiger partial charge >= 0.3 is 10.1 Å². The van der Waals surface area contributed by atoms with Crippen molar-refractivity contribution in [2.75, 3.05) is 13.1 Å². The second kappa shape index (κ2) is 6.59. The fourth-order valence-corrected chi connectivity index (χ4v) is 4.57. The highest BCUT2D eigenvalue weighted by Gasteiger charge is 2.36. The maximum atomic E-state index is 12.6. The maximum absolute atomic E-state index is 12.6. The van der Waals surface area contributed by atoms with Crippen LogP contribution in [0.3, 0.4) is 0 Å². The van der Waals surface area contributed by atoms with Crippen molar-refractivity contribution in [3.05, 3.63) is 53.6 Å². The predicted molar refractivity (Wildman–Crippen MR) is 99.4 cm³/mol. The molecule has 0 saturated carbocycles. The molecule has 6 heteroatoms. The Morgan fingerprint density at radius 3 is 2.65 bits per heavy atom. The lowest BCUT2D eigenvalue weighted by molar-refractivity contribution is 0.177. The predicted octanol–water partition coefficient (Wildman–Crippen LogP) is 3.42. The molecular formula is C20H23NO4S. The van der Waals surface area contributed by atoms with Gasteiger partial charge in [0.25, 0.3) is 0 Å². The molecule has 1 saturated heterocycles. The first-order valence-electron chi connectivity index (χ1n) is 9.00. The number of nitrogens with one attached hydrogen (secondary N) is 1. The highest BCUT2D eigenvalue weighted by Crippen LogP contribution is 2.43. The lowest BCUT2D eigenvalue weighted by atomic mass is 9.90. The fourth-order valence-electron chi connectivity index (χ4n) is 3.64. The molecule has 5 nitrogen and oxygen atoms in total. The molecule has 2 heterocycles. The molecule has 1 N–H and O–H groups in total. The van der Waals surface area contributed by atoms with Crippen molar-refractivity contribution in [2.45, 2.75) is 43.1 Å². The van der Waals surface area contributed by atoms with Crippen LogP contribution in [0.2, 0.25) is 0 Å². The van der Waals surface area contributed by atoms with E-state index in [1.165, 1.54) is 0 Å². The van der Waals surface area contributed by atoms with Gasteiger partial charge in [-0.05, 0) is 54.8 Å². The molecule has 0 aliphatic carbocycles. The Morgan fingerprint density at radius 1 is 1.15 bits per heavy atom. The molecule has 4 rings (SSSR count). The van der Waals surface area contributed by atoms with E-state index in [-0.39, 0.29) is 11.0 Å². The Balaban J connectivity index is 1.57. The molecule has 0 aromatic heterocycles. The lowest BCUT2D eigenvalue weighted by Gasteiger charge is -2.24. The van der Waals surface area contributed by atoms with E-state index < -0.39 is 10.1 Å². The van der Waals surface area contributed by atoms with Crippen LogP contribution in [0, 0.1) is 0 Å². The van der Waals surface area contributed by atoms with Gasteiger partial charge in [0.05, 0.1) is 0 Å². The minimum absolute atomic E-state index is 0.120. The minimum atomic E-state index is -3.86. The largest absolute Gasteiger partial charge is 0.488 e. The molecular weight excluding hydrogens is 350 g/mol. The second-order valence-corrected chi connectivity index (χ2v) is 8.76. The Kier molecular flexibility index (Phi) is 4.40. The first-order chi connectivity index (χ1) is 12.4. The zero-order valence-electron chi connectivity index (χ0n) is 14.9. The molecule has 0 bridgehead atoms. The van der Waals surface area contributed by atoms with E-state index in [0.29, 0.717) is 17.6 Å². The van der Waals surface area contributed by atoms with Gasteiger partial charge in [0.15, 0.2) is 0 Å². The van der Waals surface area contributed by atoms with Gasteiger partial charge in [-0.15, -0.1) is 0 Å². The summed E-state index contributed by atoms with van der Waals surface area (Å²) in [5.74, 6) is 1.80. The first kappa shape index (κ1) is 17.4. The van der Waals surface area contributed by atoms with Crippen LogP contribution in [0.5, 0.6) is 11.5 Å². The topological polar surface area (TPSA) is 64.6 Å². The van der Waals surface area contributed by atoms with E-state index in [1.807, 2.05) is 18.2 Å². The van der Waals surface area contributed by atoms with Crippen molar-refractivity contribution in [3.8, 4) is 11.5 Å². The fraction of sp³-hybridized carbons (Fsp3) is 0.400. The summed E-state index contributed by atoms with van der Waals surface area (Å²) in [6, 6.07) is 12.1. The third-order valence-electron chi connectivity index (χ3n) is 5.13. The summed E-state index contributed by atoms with van der Waals surface area (Å²) >= 11 is 0. The molecule has 0 amide bonds. The van der Waals surface area contributed by atoms with Gasteiger partial charge in [-0.3, -0.25) is 0 Å². The van der Waals surface area contributed by atoms with Gasteiger partial charge in [-0.1, -0.05) is 26.0 Å². The number of fused-ring (bicyclic) bond motifs is 3. The van der Waals surface area contributed by atoms with Crippen molar-refractivity contribution in [2.24, 2.45) is 0 Å². The summed E-state index contributed by atoms with van der Waals surface area (Å²) in [5, 5.41) is 3.33. The van der Waals surface area contributed by atoms with Gasteiger partial charge in [0, 0.05) is 18.0 Å². The zero-order chi connectivity index (χ0) is 18.3. The van der Waals surface area contributed by atoms with Gasteiger partial charge in [-0.25, -0.2) is 0 Å². The van der Waals surface area contributed by atoms with Crippen LogP contribution in [-0.4, -0.2) is 27.6 Å². The summed E-state index contributed by atoms with van der Waals surface area (Å²) in [4.78, 5) is 0.165. The Bertz CT molecular complexity index is 906. The standard InChI is InChI=1S/C20H23NO4S/c1-13(2)14-3-6-16(7-4-14)26(22,23)25-15-5-8-19-18(11-15)17-9-10-21-12-20(17)24-19/h3-8,11,13,17,20-21H,9-10,12H2,1-2H3. The Hall–Kier alpha value is -2.05. The minimum Gasteiger partial charge on any atom is -0.488 e. The second-order valence-electron chi connectivity index (χ2n) is 7.22. The van der Waals surface area contributed by atoms with Crippen LogP contribution in [0.1, 0.15) is 43.2 Å². The van der Waals surface area contributed by atoms with Crippen LogP contribution in [0.15, 0.2) is 47.4 Å². The number of benzene rings is 2. The van der Waals surface area contributed by atoms with Crippen molar-refractivity contribution in [3.63, 3.8) is 0 Å². The van der Waals surface area contributed by atoms with Crippen LogP contribution in [0.4, 0.5) is 0 Å². The molecule has 0 spiro atoms. The van der Waals surface area contributed by atoms with Gasteiger partial charge in [0.2, 0.25) is 0 Å². The van der Waals surface area contributed by atoms with E-state index in [4.69, 9.17) is 8.92 Å². The number of piperidine rings is 1. The van der Waals surface area contributed by atoms with Crippen molar-refractivity contribution in [1.29, 1.82) is 0 Å². The van der Waals surface area contributed by atoms with Crippen molar-refractivity contribution >= 4 is 10.1 Å². The maximum Gasteiger partial charge on any atom is 0.339 e. The summed E-state index contributed by atoms with van der Waals surface area (Å²) in [6.07, 6.45) is 1.10. The normalized spacial score (nSPS) is 21.8. The van der Waals surface area contributed by atoms with Crippen molar-refractivity contribution in [1.82, 2.24) is 5.32 Å². The molecule has 26 heavy (non-hydrogen) atoms. The molecule has 2 aliphatic rings. The van der Waals surface area contributed by atoms with E-state index in [2.05, 4.69) is 19.2 Å². The third-order valence-corrected chi connectivity index (χ3v) is 6.39. The smallest absolute Gasteiger partial charge is 0.339 e. The van der Waals surface area contributed by atoms with E-state index >= 15 is 0 Å². The quantitative estimate of drug-likeness (QED) is 0.832. The summed E-state index contributed by atoms with van der Waals surface area (Å²) in [6.45, 7) is 5.90. The summed E-state index contributed by atoms with van der Waals surface area (Å²) in [5.41, 5.74) is 2.13. The average molecular weight is 373 g/mol. The van der Waals surface area contributed by atoms with Crippen LogP contribution in [-0.2, 0) is 10.1 Å². The molecule has 1 fully saturated rings. The highest BCUT2D eigenvalue weighted by atomic mass is 32.2. The van der Waals surface area contributed by atoms with Crippen LogP contribution >= 0.6 is 0 Å². The highest BCUT2D eigenvalue weighted by molar-refractivity contribution is 7.87. The average Bonchev–Trinajstić information content (AvgIpc) is 2.99. The van der Waals surface area contributed by atoms with E-state index in [9.17, 15) is 8.42 Å². The van der Waals surface area contributed by atoms with Gasteiger partial charge < -0.3 is 14.2 Å². The molecule has 2 aromatic carbocycles. The van der Waals surface area contributed by atoms with Crippen molar-refractivity contribution < 1.29 is 17.3 Å². The van der Waals surface area contributed by atoms with E-state index in [0.717, 1.165) is 36.4 Å². The van der Waals surface area contributed by atoms with Crippen LogP contribution < -0.4 is 14.2 Å². The molecule has 2 unspecified atom stereocenters. The third kappa shape index (κ3) is 3.19. The molecule has 138 valence electrons. The van der Waals surface area contributed by atoms with E-state index in [1.54, 1.807) is 24.3 Å². The number of hydrogen-bond donors (Lipinski definition) is 1. The molecule has 2 aliphatic heterocycles. The Morgan fingerprint density at radius 2 is 1.92 bits per heavy atom. The summed E-state index contributed by atoms with van der Waals surface area (Å²) in [7, 11) is -3.86. The zero-order valence-corrected chi connectivity index (χ0v) is 15.8. The van der Waals surface area contributed by atoms with Gasteiger partial charge in [-0.2, -0.15) is 8.42 Å². The number of hydrogen-bond acceptors (Lipinski definition) is 5.